The number of hydrogen-bond acceptors (Lipinski definition) is 5. The summed E-state index contributed by atoms with van der Waals surface area (Å²) in [6.45, 7) is 2.17. The maximum absolute atomic E-state index is 13.1. The van der Waals surface area contributed by atoms with E-state index in [2.05, 4.69) is 4.98 Å². The van der Waals surface area contributed by atoms with Crippen LogP contribution >= 0.6 is 0 Å². The van der Waals surface area contributed by atoms with Gasteiger partial charge in [-0.3, -0.25) is 5.01 Å². The van der Waals surface area contributed by atoms with E-state index in [0.29, 0.717) is 22.5 Å². The first-order valence-electron chi connectivity index (χ1n) is 8.00. The van der Waals surface area contributed by atoms with Crippen LogP contribution < -0.4 is 5.01 Å². The molecule has 1 aliphatic rings. The van der Waals surface area contributed by atoms with Gasteiger partial charge in [0.15, 0.2) is 0 Å². The van der Waals surface area contributed by atoms with Gasteiger partial charge in [-0.15, -0.1) is 5.01 Å². The Labute approximate surface area is 144 Å². The van der Waals surface area contributed by atoms with Crippen molar-refractivity contribution in [2.24, 2.45) is 0 Å². The average molecular weight is 336 g/mol. The van der Waals surface area contributed by atoms with E-state index in [1.807, 2.05) is 54.6 Å². The van der Waals surface area contributed by atoms with E-state index in [1.165, 1.54) is 4.57 Å². The number of benzene rings is 2. The maximum atomic E-state index is 13.1. The first kappa shape index (κ1) is 15.2. The predicted molar refractivity (Wildman–Crippen MR) is 92.0 cm³/mol. The topological polar surface area (TPSA) is 67.7 Å². The SMILES string of the molecule is CCOC(=O)N1C(=O)n2c(nc3ccccc32)CN1c1ccccc1. The summed E-state index contributed by atoms with van der Waals surface area (Å²) in [6.07, 6.45) is -0.709. The summed E-state index contributed by atoms with van der Waals surface area (Å²) >= 11 is 0. The molecule has 0 unspecified atom stereocenters. The molecule has 1 aromatic heterocycles. The summed E-state index contributed by atoms with van der Waals surface area (Å²) in [4.78, 5) is 30.1. The van der Waals surface area contributed by atoms with Crippen LogP contribution in [0.2, 0.25) is 0 Å². The molecule has 0 saturated heterocycles. The minimum atomic E-state index is -0.709. The summed E-state index contributed by atoms with van der Waals surface area (Å²) in [5, 5.41) is 2.61. The molecule has 0 atom stereocenters. The molecule has 7 heteroatoms. The quantitative estimate of drug-likeness (QED) is 0.717. The first-order chi connectivity index (χ1) is 12.2. The molecule has 25 heavy (non-hydrogen) atoms. The van der Waals surface area contributed by atoms with Crippen LogP contribution in [-0.4, -0.2) is 33.3 Å². The van der Waals surface area contributed by atoms with Crippen molar-refractivity contribution in [1.82, 2.24) is 14.6 Å². The van der Waals surface area contributed by atoms with E-state index in [0.717, 1.165) is 5.01 Å². The number of fused-ring (bicyclic) bond motifs is 3. The summed E-state index contributed by atoms with van der Waals surface area (Å²) in [5.41, 5.74) is 2.09. The second kappa shape index (κ2) is 5.94. The molecule has 0 saturated carbocycles. The Morgan fingerprint density at radius 1 is 1.12 bits per heavy atom. The highest BCUT2D eigenvalue weighted by Crippen LogP contribution is 2.28. The van der Waals surface area contributed by atoms with Crippen molar-refractivity contribution in [3.05, 3.63) is 60.4 Å². The second-order valence-electron chi connectivity index (χ2n) is 5.54. The zero-order valence-corrected chi connectivity index (χ0v) is 13.6. The molecule has 4 rings (SSSR count). The fraction of sp³-hybridized carbons (Fsp3) is 0.167. The minimum Gasteiger partial charge on any atom is -0.448 e. The van der Waals surface area contributed by atoms with Gasteiger partial charge in [0.05, 0.1) is 29.9 Å². The first-order valence-corrected chi connectivity index (χ1v) is 8.00. The molecule has 0 bridgehead atoms. The van der Waals surface area contributed by atoms with Crippen LogP contribution in [0.4, 0.5) is 15.3 Å². The lowest BCUT2D eigenvalue weighted by molar-refractivity contribution is 0.107. The highest BCUT2D eigenvalue weighted by atomic mass is 16.6. The molecule has 0 fully saturated rings. The van der Waals surface area contributed by atoms with Gasteiger partial charge in [0.25, 0.3) is 0 Å². The molecule has 0 spiro atoms. The molecule has 0 N–H and O–H groups in total. The van der Waals surface area contributed by atoms with Gasteiger partial charge in [0, 0.05) is 0 Å². The summed E-state index contributed by atoms with van der Waals surface area (Å²) in [7, 11) is 0. The number of nitrogens with zero attached hydrogens (tertiary/aromatic N) is 4. The monoisotopic (exact) mass is 336 g/mol. The third kappa shape index (κ3) is 2.40. The molecule has 3 aromatic rings. The lowest BCUT2D eigenvalue weighted by Gasteiger charge is -2.37. The molecule has 2 amide bonds. The van der Waals surface area contributed by atoms with E-state index >= 15 is 0 Å². The third-order valence-corrected chi connectivity index (χ3v) is 4.03. The van der Waals surface area contributed by atoms with Gasteiger partial charge >= 0.3 is 12.1 Å². The van der Waals surface area contributed by atoms with Crippen molar-refractivity contribution in [2.75, 3.05) is 11.6 Å². The predicted octanol–water partition coefficient (Wildman–Crippen LogP) is 3.40. The van der Waals surface area contributed by atoms with Gasteiger partial charge in [-0.05, 0) is 31.2 Å². The highest BCUT2D eigenvalue weighted by Gasteiger charge is 2.38. The Bertz CT molecular complexity index is 951. The van der Waals surface area contributed by atoms with E-state index in [-0.39, 0.29) is 13.2 Å². The lowest BCUT2D eigenvalue weighted by Crippen LogP contribution is -2.55. The van der Waals surface area contributed by atoms with Crippen LogP contribution in [0.5, 0.6) is 0 Å². The number of carbonyl (C=O) groups excluding carboxylic acids is 2. The van der Waals surface area contributed by atoms with Crippen molar-refractivity contribution >= 4 is 28.8 Å². The van der Waals surface area contributed by atoms with Gasteiger partial charge < -0.3 is 4.74 Å². The van der Waals surface area contributed by atoms with Crippen molar-refractivity contribution in [3.63, 3.8) is 0 Å². The lowest BCUT2D eigenvalue weighted by atomic mass is 10.3. The van der Waals surface area contributed by atoms with Crippen LogP contribution in [0.15, 0.2) is 54.6 Å². The normalized spacial score (nSPS) is 13.9. The van der Waals surface area contributed by atoms with Crippen LogP contribution in [-0.2, 0) is 11.3 Å². The molecular weight excluding hydrogens is 320 g/mol. The van der Waals surface area contributed by atoms with Gasteiger partial charge in [-0.25, -0.2) is 19.1 Å². The number of anilines is 1. The van der Waals surface area contributed by atoms with E-state index < -0.39 is 12.1 Å². The summed E-state index contributed by atoms with van der Waals surface area (Å²) < 4.78 is 6.56. The number of para-hydroxylation sites is 3. The van der Waals surface area contributed by atoms with Gasteiger partial charge in [-0.2, -0.15) is 0 Å². The van der Waals surface area contributed by atoms with Gasteiger partial charge in [-0.1, -0.05) is 30.3 Å². The van der Waals surface area contributed by atoms with Crippen molar-refractivity contribution in [2.45, 2.75) is 13.5 Å². The molecule has 2 aromatic carbocycles. The zero-order chi connectivity index (χ0) is 17.4. The Balaban J connectivity index is 1.87. The Morgan fingerprint density at radius 2 is 1.84 bits per heavy atom. The maximum Gasteiger partial charge on any atom is 0.437 e. The number of hydrazine groups is 1. The van der Waals surface area contributed by atoms with Gasteiger partial charge in [0.1, 0.15) is 5.82 Å². The van der Waals surface area contributed by atoms with Crippen molar-refractivity contribution in [3.8, 4) is 0 Å². The molecule has 126 valence electrons. The molecule has 0 radical (unpaired) electrons. The number of carbonyl (C=O) groups is 2. The van der Waals surface area contributed by atoms with E-state index in [1.54, 1.807) is 11.9 Å². The minimum absolute atomic E-state index is 0.183. The Morgan fingerprint density at radius 3 is 2.60 bits per heavy atom. The standard InChI is InChI=1S/C18H16N4O3/c1-2-25-18(24)22-17(23)21-15-11-7-6-10-14(15)19-16(21)12-20(22)13-8-4-3-5-9-13/h3-11H,2,12H2,1H3. The molecule has 1 aliphatic heterocycles. The summed E-state index contributed by atoms with van der Waals surface area (Å²) in [5.74, 6) is 0.579. The number of aromatic nitrogens is 2. The Hall–Kier alpha value is -3.35. The van der Waals surface area contributed by atoms with Crippen molar-refractivity contribution < 1.29 is 14.3 Å². The Kier molecular flexibility index (Phi) is 3.61. The molecular formula is C18H16N4O3. The number of imidazole rings is 1. The van der Waals surface area contributed by atoms with E-state index in [9.17, 15) is 9.59 Å². The zero-order valence-electron chi connectivity index (χ0n) is 13.6. The van der Waals surface area contributed by atoms with Crippen LogP contribution in [0.25, 0.3) is 11.0 Å². The van der Waals surface area contributed by atoms with Crippen molar-refractivity contribution in [1.29, 1.82) is 0 Å². The number of amides is 2. The molecule has 2 heterocycles. The van der Waals surface area contributed by atoms with E-state index in [4.69, 9.17) is 4.74 Å². The second-order valence-corrected chi connectivity index (χ2v) is 5.54. The number of imide groups is 1. The molecule has 0 aliphatic carbocycles. The number of hydrogen-bond donors (Lipinski definition) is 0. The van der Waals surface area contributed by atoms with Crippen LogP contribution in [0.3, 0.4) is 0 Å². The number of ether oxygens (including phenoxy) is 1. The number of rotatable bonds is 2. The smallest absolute Gasteiger partial charge is 0.437 e. The van der Waals surface area contributed by atoms with Gasteiger partial charge in [0.2, 0.25) is 0 Å². The fourth-order valence-corrected chi connectivity index (χ4v) is 2.97. The highest BCUT2D eigenvalue weighted by molar-refractivity contribution is 6.00. The fourth-order valence-electron chi connectivity index (χ4n) is 2.97. The van der Waals surface area contributed by atoms with Crippen LogP contribution in [0, 0.1) is 0 Å². The molecule has 7 nitrogen and oxygen atoms in total. The largest absolute Gasteiger partial charge is 0.448 e. The van der Waals surface area contributed by atoms with Crippen LogP contribution in [0.1, 0.15) is 12.7 Å². The average Bonchev–Trinajstić information content (AvgIpc) is 3.01. The summed E-state index contributed by atoms with van der Waals surface area (Å²) in [6, 6.07) is 16.1. The third-order valence-electron chi connectivity index (χ3n) is 4.03.